The Morgan fingerprint density at radius 2 is 1.35 bits per heavy atom. The highest BCUT2D eigenvalue weighted by atomic mass is 16.7. The summed E-state index contributed by atoms with van der Waals surface area (Å²) in [5.74, 6) is 0.780. The van der Waals surface area contributed by atoms with Crippen molar-refractivity contribution < 1.29 is 79.5 Å². The highest BCUT2D eigenvalue weighted by molar-refractivity contribution is 5.17. The quantitative estimate of drug-likeness (QED) is 0.130. The Labute approximate surface area is 321 Å². The topological polar surface area (TPSA) is 258 Å². The van der Waals surface area contributed by atoms with E-state index in [1.807, 2.05) is 0 Å². The van der Waals surface area contributed by atoms with Gasteiger partial charge in [-0.25, -0.2) is 0 Å². The van der Waals surface area contributed by atoms with E-state index in [2.05, 4.69) is 20.8 Å². The molecule has 0 aromatic heterocycles. The predicted octanol–water partition coefficient (Wildman–Crippen LogP) is -1.64. The first-order valence-corrected chi connectivity index (χ1v) is 20.6. The molecule has 16 nitrogen and oxygen atoms in total. The minimum absolute atomic E-state index is 0.0245. The molecule has 0 amide bonds. The molecule has 0 aromatic carbocycles. The van der Waals surface area contributed by atoms with Crippen LogP contribution in [0.2, 0.25) is 0 Å². The maximum absolute atomic E-state index is 11.9. The molecule has 316 valence electrons. The van der Waals surface area contributed by atoms with E-state index in [1.54, 1.807) is 0 Å². The molecule has 4 aliphatic carbocycles. The first-order valence-electron chi connectivity index (χ1n) is 20.6. The van der Waals surface area contributed by atoms with E-state index in [0.29, 0.717) is 37.7 Å². The molecule has 24 atom stereocenters. The van der Waals surface area contributed by atoms with E-state index < -0.39 is 98.7 Å². The van der Waals surface area contributed by atoms with E-state index in [0.717, 1.165) is 32.1 Å². The third-order valence-corrected chi connectivity index (χ3v) is 16.3. The average molecular weight is 789 g/mol. The fourth-order valence-corrected chi connectivity index (χ4v) is 13.4. The summed E-state index contributed by atoms with van der Waals surface area (Å²) in [6, 6.07) is 0. The van der Waals surface area contributed by atoms with Gasteiger partial charge in [-0.1, -0.05) is 20.8 Å². The van der Waals surface area contributed by atoms with Gasteiger partial charge in [0.15, 0.2) is 18.4 Å². The second-order valence-electron chi connectivity index (χ2n) is 18.9. The summed E-state index contributed by atoms with van der Waals surface area (Å²) < 4.78 is 36.4. The summed E-state index contributed by atoms with van der Waals surface area (Å²) in [4.78, 5) is 0. The minimum atomic E-state index is -1.78. The summed E-state index contributed by atoms with van der Waals surface area (Å²) in [6.07, 6.45) is -12.3. The number of fused-ring (bicyclic) bond motifs is 7. The largest absolute Gasteiger partial charge is 0.396 e. The summed E-state index contributed by atoms with van der Waals surface area (Å²) in [5, 5.41) is 106. The Balaban J connectivity index is 0.926. The Morgan fingerprint density at radius 1 is 0.655 bits per heavy atom. The van der Waals surface area contributed by atoms with Crippen LogP contribution in [0.25, 0.3) is 0 Å². The van der Waals surface area contributed by atoms with E-state index in [9.17, 15) is 51.1 Å². The molecule has 55 heavy (non-hydrogen) atoms. The summed E-state index contributed by atoms with van der Waals surface area (Å²) in [6.45, 7) is 6.12. The zero-order chi connectivity index (χ0) is 39.4. The van der Waals surface area contributed by atoms with Gasteiger partial charge in [-0.05, 0) is 85.4 Å². The van der Waals surface area contributed by atoms with Crippen molar-refractivity contribution in [2.45, 2.75) is 164 Å². The highest BCUT2D eigenvalue weighted by Gasteiger charge is 2.70. The Hall–Kier alpha value is -0.640. The average Bonchev–Trinajstić information content (AvgIpc) is 3.61. The van der Waals surface area contributed by atoms with Gasteiger partial charge >= 0.3 is 0 Å². The molecule has 10 N–H and O–H groups in total. The molecule has 8 aliphatic rings. The molecular weight excluding hydrogens is 724 g/mol. The lowest BCUT2D eigenvalue weighted by Gasteiger charge is -2.63. The molecule has 4 aliphatic heterocycles. The number of aliphatic hydroxyl groups is 10. The summed E-state index contributed by atoms with van der Waals surface area (Å²) >= 11 is 0. The van der Waals surface area contributed by atoms with Crippen LogP contribution in [-0.2, 0) is 28.4 Å². The Kier molecular flexibility index (Phi) is 11.3. The lowest BCUT2D eigenvalue weighted by Crippen LogP contribution is -2.65. The smallest absolute Gasteiger partial charge is 0.187 e. The second kappa shape index (κ2) is 15.1. The monoisotopic (exact) mass is 788 g/mol. The van der Waals surface area contributed by atoms with Gasteiger partial charge in [0.2, 0.25) is 0 Å². The van der Waals surface area contributed by atoms with E-state index >= 15 is 0 Å². The van der Waals surface area contributed by atoms with Crippen molar-refractivity contribution in [2.75, 3.05) is 26.4 Å². The molecule has 8 rings (SSSR count). The van der Waals surface area contributed by atoms with Crippen molar-refractivity contribution in [3.05, 3.63) is 0 Å². The SMILES string of the molecule is C[C@H]1[C@H]2[C@H](C[C@H]3[C@@H]4C[C@@H](O)[C@H]5C[C@@H](O[C@@H]6O[C@H](CO)[C@@H](O[C@@H]7O[C@H](CO)[C@H](O)[C@H](O)[C@H]7O)[C@H](O)[C@H]6O)[C@H](O)C[C@]5(C)[C@H]4CC[C@]23C)O[C@]12CC[C@H](CO)CO2. The lowest BCUT2D eigenvalue weighted by atomic mass is 9.43. The normalized spacial score (nSPS) is 59.2. The highest BCUT2D eigenvalue weighted by Crippen LogP contribution is 2.71. The van der Waals surface area contributed by atoms with Crippen molar-refractivity contribution in [3.63, 3.8) is 0 Å². The van der Waals surface area contributed by atoms with Crippen LogP contribution < -0.4 is 0 Å². The van der Waals surface area contributed by atoms with E-state index in [1.165, 1.54) is 0 Å². The van der Waals surface area contributed by atoms with Gasteiger partial charge in [0.05, 0.1) is 44.2 Å². The minimum Gasteiger partial charge on any atom is -0.396 e. The second-order valence-corrected chi connectivity index (χ2v) is 18.9. The molecule has 4 saturated carbocycles. The van der Waals surface area contributed by atoms with Gasteiger partial charge in [0.25, 0.3) is 0 Å². The van der Waals surface area contributed by atoms with Gasteiger partial charge in [0.1, 0.15) is 48.8 Å². The molecule has 4 heterocycles. The molecule has 8 fully saturated rings. The van der Waals surface area contributed by atoms with Gasteiger partial charge in [-0.2, -0.15) is 0 Å². The van der Waals surface area contributed by atoms with Gasteiger partial charge in [-0.3, -0.25) is 0 Å². The van der Waals surface area contributed by atoms with Gasteiger partial charge in [-0.15, -0.1) is 0 Å². The van der Waals surface area contributed by atoms with E-state index in [-0.39, 0.29) is 53.1 Å². The predicted molar refractivity (Wildman–Crippen MR) is 187 cm³/mol. The standard InChI is InChI=1S/C39H64O16/c1-16-28-25(55-39(16)7-4-17(12-40)15-50-39)9-20-18-8-22(43)21-10-24(23(44)11-38(21,3)19(18)5-6-37(20,28)2)51-35-33(49)31(47)34(27(14-42)53-35)54-36-32(48)30(46)29(45)26(13-41)52-36/h16-36,40-49H,4-15H2,1-3H3/t16-,17+,18+,19-,20-,21+,22+,23+,24+,25-,26+,27+,28-,29-,30-,31+,32+,33+,34+,35+,36-,37-,38+,39+/m0/s1. The van der Waals surface area contributed by atoms with Crippen molar-refractivity contribution in [3.8, 4) is 0 Å². The van der Waals surface area contributed by atoms with Gasteiger partial charge < -0.3 is 79.5 Å². The number of hydrogen-bond acceptors (Lipinski definition) is 16. The zero-order valence-electron chi connectivity index (χ0n) is 32.0. The molecule has 0 bridgehead atoms. The number of ether oxygens (including phenoxy) is 6. The maximum Gasteiger partial charge on any atom is 0.187 e. The Bertz CT molecular complexity index is 1350. The Morgan fingerprint density at radius 3 is 2.02 bits per heavy atom. The summed E-state index contributed by atoms with van der Waals surface area (Å²) in [5.41, 5.74) is -0.361. The first-order chi connectivity index (χ1) is 26.1. The van der Waals surface area contributed by atoms with Crippen LogP contribution in [0.3, 0.4) is 0 Å². The number of aliphatic hydroxyl groups excluding tert-OH is 10. The van der Waals surface area contributed by atoms with Crippen LogP contribution >= 0.6 is 0 Å². The van der Waals surface area contributed by atoms with Crippen LogP contribution in [0.4, 0.5) is 0 Å². The molecule has 4 saturated heterocycles. The summed E-state index contributed by atoms with van der Waals surface area (Å²) in [7, 11) is 0. The number of hydrogen-bond donors (Lipinski definition) is 10. The fraction of sp³-hybridized carbons (Fsp3) is 1.00. The van der Waals surface area contributed by atoms with E-state index in [4.69, 9.17) is 28.4 Å². The van der Waals surface area contributed by atoms with Crippen LogP contribution in [0, 0.1) is 52.3 Å². The first kappa shape index (κ1) is 41.1. The molecular formula is C39H64O16. The van der Waals surface area contributed by atoms with Crippen molar-refractivity contribution in [2.24, 2.45) is 52.3 Å². The molecule has 0 aromatic rings. The van der Waals surface area contributed by atoms with Gasteiger partial charge in [0, 0.05) is 24.9 Å². The molecule has 0 radical (unpaired) electrons. The lowest BCUT2D eigenvalue weighted by molar-refractivity contribution is -0.367. The van der Waals surface area contributed by atoms with Crippen LogP contribution in [0.5, 0.6) is 0 Å². The number of rotatable bonds is 7. The molecule has 1 spiro atoms. The van der Waals surface area contributed by atoms with Crippen molar-refractivity contribution in [1.29, 1.82) is 0 Å². The third kappa shape index (κ3) is 6.48. The fourth-order valence-electron chi connectivity index (χ4n) is 13.4. The van der Waals surface area contributed by atoms with Crippen LogP contribution in [0.15, 0.2) is 0 Å². The van der Waals surface area contributed by atoms with Crippen LogP contribution in [0.1, 0.15) is 72.1 Å². The zero-order valence-corrected chi connectivity index (χ0v) is 32.0. The van der Waals surface area contributed by atoms with Crippen molar-refractivity contribution >= 4 is 0 Å². The van der Waals surface area contributed by atoms with Crippen LogP contribution in [-0.4, -0.2) is 169 Å². The molecule has 0 unspecified atom stereocenters. The maximum atomic E-state index is 11.9. The third-order valence-electron chi connectivity index (χ3n) is 16.3. The van der Waals surface area contributed by atoms with Crippen molar-refractivity contribution in [1.82, 2.24) is 0 Å². The molecule has 16 heteroatoms.